The molecule has 0 unspecified atom stereocenters. The third-order valence-electron chi connectivity index (χ3n) is 5.67. The third kappa shape index (κ3) is 4.07. The van der Waals surface area contributed by atoms with Gasteiger partial charge in [-0.15, -0.1) is 45.3 Å². The van der Waals surface area contributed by atoms with E-state index in [1.807, 2.05) is 70.1 Å². The zero-order valence-electron chi connectivity index (χ0n) is 18.6. The van der Waals surface area contributed by atoms with Crippen molar-refractivity contribution in [2.45, 2.75) is 13.8 Å². The molecule has 6 rings (SSSR count). The fourth-order valence-corrected chi connectivity index (χ4v) is 8.76. The van der Waals surface area contributed by atoms with Crippen LogP contribution in [-0.2, 0) is 0 Å². The van der Waals surface area contributed by atoms with Crippen molar-refractivity contribution in [1.82, 2.24) is 9.97 Å². The molecule has 0 amide bonds. The Labute approximate surface area is 214 Å². The van der Waals surface area contributed by atoms with Gasteiger partial charge in [-0.3, -0.25) is 9.97 Å². The second-order valence-corrected chi connectivity index (χ2v) is 12.3. The second kappa shape index (κ2) is 9.04. The summed E-state index contributed by atoms with van der Waals surface area (Å²) in [4.78, 5) is 18.9. The monoisotopic (exact) mass is 512 g/mol. The molecule has 6 heteroatoms. The van der Waals surface area contributed by atoms with Gasteiger partial charge in [-0.05, 0) is 96.8 Å². The van der Waals surface area contributed by atoms with E-state index in [2.05, 4.69) is 84.5 Å². The Balaban J connectivity index is 1.29. The lowest BCUT2D eigenvalue weighted by atomic mass is 10.2. The number of hydrogen-bond acceptors (Lipinski definition) is 6. The predicted octanol–water partition coefficient (Wildman–Crippen LogP) is 9.67. The minimum Gasteiger partial charge on any atom is -0.265 e. The van der Waals surface area contributed by atoms with E-state index >= 15 is 0 Å². The number of nitrogens with zero attached hydrogens (tertiary/aromatic N) is 2. The summed E-state index contributed by atoms with van der Waals surface area (Å²) >= 11 is 7.49. The zero-order chi connectivity index (χ0) is 23.1. The molecule has 0 N–H and O–H groups in total. The molecule has 0 radical (unpaired) electrons. The maximum Gasteiger partial charge on any atom is 0.0478 e. The molecule has 0 saturated heterocycles. The lowest BCUT2D eigenvalue weighted by Crippen LogP contribution is -1.72. The van der Waals surface area contributed by atoms with Crippen molar-refractivity contribution in [3.05, 3.63) is 96.6 Å². The van der Waals surface area contributed by atoms with Gasteiger partial charge < -0.3 is 0 Å². The first-order valence-electron chi connectivity index (χ1n) is 10.9. The maximum absolute atomic E-state index is 4.15. The summed E-state index contributed by atoms with van der Waals surface area (Å²) in [5.41, 5.74) is 5.11. The van der Waals surface area contributed by atoms with Gasteiger partial charge in [0.1, 0.15) is 0 Å². The van der Waals surface area contributed by atoms with Gasteiger partial charge in [0, 0.05) is 63.8 Å². The summed E-state index contributed by atoms with van der Waals surface area (Å²) in [7, 11) is 0. The van der Waals surface area contributed by atoms with E-state index in [4.69, 9.17) is 0 Å². The number of aryl methyl sites for hydroxylation is 2. The van der Waals surface area contributed by atoms with Crippen LogP contribution >= 0.6 is 45.3 Å². The van der Waals surface area contributed by atoms with Gasteiger partial charge in [0.05, 0.1) is 0 Å². The Bertz CT molecular complexity index is 1450. The van der Waals surface area contributed by atoms with Crippen molar-refractivity contribution < 1.29 is 0 Å². The Hall–Kier alpha value is -2.90. The number of thiophene rings is 4. The minimum atomic E-state index is 1.23. The van der Waals surface area contributed by atoms with Gasteiger partial charge in [-0.1, -0.05) is 0 Å². The van der Waals surface area contributed by atoms with Gasteiger partial charge in [0.25, 0.3) is 0 Å². The number of rotatable bonds is 5. The van der Waals surface area contributed by atoms with Crippen molar-refractivity contribution in [2.24, 2.45) is 0 Å². The van der Waals surface area contributed by atoms with Crippen molar-refractivity contribution in [2.75, 3.05) is 0 Å². The Morgan fingerprint density at radius 2 is 0.824 bits per heavy atom. The third-order valence-corrected chi connectivity index (χ3v) is 11.0. The highest BCUT2D eigenvalue weighted by Gasteiger charge is 2.15. The SMILES string of the molecule is Cc1cc(-c2ccncc2)sc1-c1ccc(-c2ccc(-c3sc(-c4ccncc4)cc3C)s2)s1. The number of pyridine rings is 2. The Kier molecular flexibility index (Phi) is 5.75. The molecule has 0 atom stereocenters. The topological polar surface area (TPSA) is 25.8 Å². The standard InChI is InChI=1S/C28H20N2S4/c1-17-15-25(19-7-11-29-12-8-19)33-27(17)23-5-3-21(31-23)22-4-6-24(32-22)28-18(2)16-26(34-28)20-9-13-30-14-10-20/h3-16H,1-2H3. The Morgan fingerprint density at radius 1 is 0.441 bits per heavy atom. The highest BCUT2D eigenvalue weighted by atomic mass is 32.1. The van der Waals surface area contributed by atoms with Crippen LogP contribution < -0.4 is 0 Å². The summed E-state index contributed by atoms with van der Waals surface area (Å²) in [5, 5.41) is 0. The van der Waals surface area contributed by atoms with Crippen molar-refractivity contribution >= 4 is 45.3 Å². The summed E-state index contributed by atoms with van der Waals surface area (Å²) < 4.78 is 0. The van der Waals surface area contributed by atoms with Crippen molar-refractivity contribution in [3.63, 3.8) is 0 Å². The molecular formula is C28H20N2S4. The van der Waals surface area contributed by atoms with Gasteiger partial charge in [-0.2, -0.15) is 0 Å². The van der Waals surface area contributed by atoms with Crippen LogP contribution in [0.15, 0.2) is 85.5 Å². The van der Waals surface area contributed by atoms with E-state index in [9.17, 15) is 0 Å². The van der Waals surface area contributed by atoms with Crippen LogP contribution in [0, 0.1) is 13.8 Å². The normalized spacial score (nSPS) is 11.2. The summed E-state index contributed by atoms with van der Waals surface area (Å²) in [5.74, 6) is 0. The molecule has 6 aromatic rings. The van der Waals surface area contributed by atoms with E-state index in [1.165, 1.54) is 61.3 Å². The summed E-state index contributed by atoms with van der Waals surface area (Å²) in [6.45, 7) is 4.41. The van der Waals surface area contributed by atoms with E-state index < -0.39 is 0 Å². The van der Waals surface area contributed by atoms with Crippen LogP contribution in [0.1, 0.15) is 11.1 Å². The van der Waals surface area contributed by atoms with Crippen LogP contribution in [0.2, 0.25) is 0 Å². The predicted molar refractivity (Wildman–Crippen MR) is 150 cm³/mol. The molecule has 6 aromatic heterocycles. The molecule has 166 valence electrons. The lowest BCUT2D eigenvalue weighted by Gasteiger charge is -1.96. The van der Waals surface area contributed by atoms with Gasteiger partial charge >= 0.3 is 0 Å². The molecule has 0 spiro atoms. The maximum atomic E-state index is 4.15. The van der Waals surface area contributed by atoms with Gasteiger partial charge in [-0.25, -0.2) is 0 Å². The van der Waals surface area contributed by atoms with Crippen LogP contribution in [0.5, 0.6) is 0 Å². The van der Waals surface area contributed by atoms with Crippen LogP contribution in [0.25, 0.3) is 50.1 Å². The van der Waals surface area contributed by atoms with Crippen molar-refractivity contribution in [1.29, 1.82) is 0 Å². The molecule has 0 saturated carbocycles. The minimum absolute atomic E-state index is 1.23. The molecule has 0 fully saturated rings. The molecular weight excluding hydrogens is 493 g/mol. The average Bonchev–Trinajstić information content (AvgIpc) is 3.66. The summed E-state index contributed by atoms with van der Waals surface area (Å²) in [6, 6.07) is 22.0. The highest BCUT2D eigenvalue weighted by molar-refractivity contribution is 7.29. The second-order valence-electron chi connectivity index (χ2n) is 8.05. The molecule has 6 heterocycles. The number of aromatic nitrogens is 2. The fourth-order valence-electron chi connectivity index (χ4n) is 3.96. The van der Waals surface area contributed by atoms with E-state index in [0.29, 0.717) is 0 Å². The van der Waals surface area contributed by atoms with E-state index in [0.717, 1.165) is 0 Å². The molecule has 2 nitrogen and oxygen atoms in total. The van der Waals surface area contributed by atoms with Crippen LogP contribution in [0.4, 0.5) is 0 Å². The first-order valence-corrected chi connectivity index (χ1v) is 14.1. The Morgan fingerprint density at radius 3 is 1.24 bits per heavy atom. The lowest BCUT2D eigenvalue weighted by molar-refractivity contribution is 1.33. The molecule has 0 aliphatic carbocycles. The van der Waals surface area contributed by atoms with Crippen LogP contribution in [0.3, 0.4) is 0 Å². The quantitative estimate of drug-likeness (QED) is 0.230. The van der Waals surface area contributed by atoms with Gasteiger partial charge in [0.2, 0.25) is 0 Å². The molecule has 34 heavy (non-hydrogen) atoms. The average molecular weight is 513 g/mol. The summed E-state index contributed by atoms with van der Waals surface area (Å²) in [6.07, 6.45) is 7.43. The number of hydrogen-bond donors (Lipinski definition) is 0. The van der Waals surface area contributed by atoms with E-state index in [-0.39, 0.29) is 0 Å². The molecule has 0 aromatic carbocycles. The first kappa shape index (κ1) is 21.6. The molecule has 0 aliphatic rings. The van der Waals surface area contributed by atoms with Gasteiger partial charge in [0.15, 0.2) is 0 Å². The largest absolute Gasteiger partial charge is 0.265 e. The fraction of sp³-hybridized carbons (Fsp3) is 0.0714. The first-order chi connectivity index (χ1) is 16.7. The molecule has 0 aliphatic heterocycles. The van der Waals surface area contributed by atoms with Crippen molar-refractivity contribution in [3.8, 4) is 50.1 Å². The van der Waals surface area contributed by atoms with Crippen LogP contribution in [-0.4, -0.2) is 9.97 Å². The zero-order valence-corrected chi connectivity index (χ0v) is 21.9. The molecule has 0 bridgehead atoms. The highest BCUT2D eigenvalue weighted by Crippen LogP contribution is 2.46. The van der Waals surface area contributed by atoms with E-state index in [1.54, 1.807) is 0 Å². The smallest absolute Gasteiger partial charge is 0.0478 e.